The van der Waals surface area contributed by atoms with Crippen molar-refractivity contribution in [3.8, 4) is 5.75 Å². The number of carbonyl (C=O) groups is 1. The predicted octanol–water partition coefficient (Wildman–Crippen LogP) is 3.42. The molecule has 0 aliphatic carbocycles. The van der Waals surface area contributed by atoms with E-state index in [1.807, 2.05) is 48.7 Å². The Labute approximate surface area is 182 Å². The molecule has 0 spiro atoms. The lowest BCUT2D eigenvalue weighted by Gasteiger charge is -2.33. The summed E-state index contributed by atoms with van der Waals surface area (Å²) in [5, 5.41) is 14.3. The number of nitrogens with one attached hydrogen (secondary N) is 1. The molecule has 1 fully saturated rings. The third-order valence-corrected chi connectivity index (χ3v) is 5.91. The standard InChI is InChI=1S/C25H29N3O3/c1-31-25-8-4-7-24(22(25)17-29)27-20-9-11-28(12-10-20)16-21(30)14-18-13-19-5-2-3-6-23(19)26-15-18/h2-8,13,15,20,27,29H,9-12,14,16-17H2,1H3. The molecule has 4 rings (SSSR count). The smallest absolute Gasteiger partial charge is 0.151 e. The van der Waals surface area contributed by atoms with Gasteiger partial charge in [0.05, 0.1) is 25.8 Å². The highest BCUT2D eigenvalue weighted by atomic mass is 16.5. The SMILES string of the molecule is COc1cccc(NC2CCN(CC(=O)Cc3cnc4ccccc4c3)CC2)c1CO. The van der Waals surface area contributed by atoms with Crippen LogP contribution in [0.2, 0.25) is 0 Å². The second-order valence-corrected chi connectivity index (χ2v) is 8.09. The van der Waals surface area contributed by atoms with Crippen LogP contribution in [0.1, 0.15) is 24.0 Å². The molecule has 1 aliphatic rings. The molecule has 6 heteroatoms. The van der Waals surface area contributed by atoms with Crippen molar-refractivity contribution < 1.29 is 14.6 Å². The highest BCUT2D eigenvalue weighted by Gasteiger charge is 2.22. The van der Waals surface area contributed by atoms with Crippen LogP contribution in [-0.4, -0.2) is 53.6 Å². The second-order valence-electron chi connectivity index (χ2n) is 8.09. The lowest BCUT2D eigenvalue weighted by Crippen LogP contribution is -2.41. The van der Waals surface area contributed by atoms with Gasteiger partial charge in [0, 0.05) is 48.4 Å². The van der Waals surface area contributed by atoms with E-state index in [0.29, 0.717) is 24.8 Å². The molecule has 0 radical (unpaired) electrons. The van der Waals surface area contributed by atoms with Gasteiger partial charge in [0.15, 0.2) is 5.78 Å². The number of carbonyl (C=O) groups excluding carboxylic acids is 1. The molecule has 1 aromatic heterocycles. The molecule has 162 valence electrons. The number of fused-ring (bicyclic) bond motifs is 1. The number of hydrogen-bond acceptors (Lipinski definition) is 6. The first-order valence-corrected chi connectivity index (χ1v) is 10.8. The number of likely N-dealkylation sites (tertiary alicyclic amines) is 1. The number of aliphatic hydroxyl groups is 1. The molecule has 2 aromatic carbocycles. The van der Waals surface area contributed by atoms with Crippen molar-refractivity contribution in [1.29, 1.82) is 0 Å². The van der Waals surface area contributed by atoms with Crippen molar-refractivity contribution in [3.05, 3.63) is 65.9 Å². The van der Waals surface area contributed by atoms with Gasteiger partial charge in [-0.3, -0.25) is 14.7 Å². The van der Waals surface area contributed by atoms with Gasteiger partial charge in [-0.15, -0.1) is 0 Å². The van der Waals surface area contributed by atoms with E-state index in [-0.39, 0.29) is 12.4 Å². The Morgan fingerprint density at radius 3 is 2.77 bits per heavy atom. The van der Waals surface area contributed by atoms with Crippen LogP contribution in [0.25, 0.3) is 10.9 Å². The maximum absolute atomic E-state index is 12.6. The molecule has 0 bridgehead atoms. The first-order valence-electron chi connectivity index (χ1n) is 10.8. The van der Waals surface area contributed by atoms with Gasteiger partial charge in [-0.1, -0.05) is 24.3 Å². The summed E-state index contributed by atoms with van der Waals surface area (Å²) in [7, 11) is 1.61. The predicted molar refractivity (Wildman–Crippen MR) is 122 cm³/mol. The number of ether oxygens (including phenoxy) is 1. The van der Waals surface area contributed by atoms with Crippen molar-refractivity contribution in [2.45, 2.75) is 31.9 Å². The van der Waals surface area contributed by atoms with Crippen LogP contribution >= 0.6 is 0 Å². The summed E-state index contributed by atoms with van der Waals surface area (Å²) in [5.41, 5.74) is 3.62. The number of nitrogens with zero attached hydrogens (tertiary/aromatic N) is 2. The molecule has 2 heterocycles. The normalized spacial score (nSPS) is 15.2. The van der Waals surface area contributed by atoms with E-state index in [2.05, 4.69) is 21.3 Å². The van der Waals surface area contributed by atoms with Crippen LogP contribution in [0.15, 0.2) is 54.7 Å². The highest BCUT2D eigenvalue weighted by molar-refractivity contribution is 5.85. The number of rotatable bonds is 8. The minimum Gasteiger partial charge on any atom is -0.496 e. The second kappa shape index (κ2) is 9.90. The van der Waals surface area contributed by atoms with Crippen molar-refractivity contribution in [2.75, 3.05) is 32.1 Å². The molecule has 0 amide bonds. The van der Waals surface area contributed by atoms with E-state index in [1.165, 1.54) is 0 Å². The maximum atomic E-state index is 12.6. The average Bonchev–Trinajstić information content (AvgIpc) is 2.80. The molecule has 0 atom stereocenters. The Morgan fingerprint density at radius 1 is 1.19 bits per heavy atom. The lowest BCUT2D eigenvalue weighted by atomic mass is 10.0. The van der Waals surface area contributed by atoms with Crippen LogP contribution < -0.4 is 10.1 Å². The average molecular weight is 420 g/mol. The van der Waals surface area contributed by atoms with Crippen LogP contribution in [0.5, 0.6) is 5.75 Å². The van der Waals surface area contributed by atoms with Crippen LogP contribution in [-0.2, 0) is 17.8 Å². The number of Topliss-reactive ketones (excluding diaryl/α,β-unsaturated/α-hetero) is 1. The number of hydrogen-bond donors (Lipinski definition) is 2. The monoisotopic (exact) mass is 419 g/mol. The third-order valence-electron chi connectivity index (χ3n) is 5.91. The molecular weight excluding hydrogens is 390 g/mol. The van der Waals surface area contributed by atoms with E-state index in [1.54, 1.807) is 7.11 Å². The van der Waals surface area contributed by atoms with Crippen LogP contribution in [0.4, 0.5) is 5.69 Å². The van der Waals surface area contributed by atoms with E-state index in [9.17, 15) is 9.90 Å². The highest BCUT2D eigenvalue weighted by Crippen LogP contribution is 2.28. The van der Waals surface area contributed by atoms with Gasteiger partial charge in [0.1, 0.15) is 5.75 Å². The van der Waals surface area contributed by atoms with Crippen molar-refractivity contribution >= 4 is 22.4 Å². The summed E-state index contributed by atoms with van der Waals surface area (Å²) in [6.45, 7) is 2.15. The van der Waals surface area contributed by atoms with Gasteiger partial charge < -0.3 is 15.2 Å². The number of para-hydroxylation sites is 1. The molecule has 1 saturated heterocycles. The number of piperidine rings is 1. The summed E-state index contributed by atoms with van der Waals surface area (Å²) >= 11 is 0. The zero-order chi connectivity index (χ0) is 21.6. The first kappa shape index (κ1) is 21.3. The van der Waals surface area contributed by atoms with Gasteiger partial charge in [-0.05, 0) is 42.7 Å². The Balaban J connectivity index is 1.28. The molecule has 31 heavy (non-hydrogen) atoms. The summed E-state index contributed by atoms with van der Waals surface area (Å²) in [6, 6.07) is 16.1. The van der Waals surface area contributed by atoms with Crippen molar-refractivity contribution in [3.63, 3.8) is 0 Å². The first-order chi connectivity index (χ1) is 15.2. The molecule has 1 aliphatic heterocycles. The van der Waals surface area contributed by atoms with Gasteiger partial charge >= 0.3 is 0 Å². The summed E-state index contributed by atoms with van der Waals surface area (Å²) in [4.78, 5) is 19.3. The maximum Gasteiger partial charge on any atom is 0.151 e. The summed E-state index contributed by atoms with van der Waals surface area (Å²) in [6.07, 6.45) is 4.13. The van der Waals surface area contributed by atoms with Gasteiger partial charge in [0.2, 0.25) is 0 Å². The van der Waals surface area contributed by atoms with Gasteiger partial charge in [0.25, 0.3) is 0 Å². The van der Waals surface area contributed by atoms with E-state index < -0.39 is 0 Å². The third kappa shape index (κ3) is 5.21. The summed E-state index contributed by atoms with van der Waals surface area (Å²) in [5.74, 6) is 0.914. The zero-order valence-electron chi connectivity index (χ0n) is 17.9. The summed E-state index contributed by atoms with van der Waals surface area (Å²) < 4.78 is 5.35. The molecule has 3 aromatic rings. The van der Waals surface area contributed by atoms with E-state index >= 15 is 0 Å². The number of benzene rings is 2. The Morgan fingerprint density at radius 2 is 2.00 bits per heavy atom. The van der Waals surface area contributed by atoms with E-state index in [4.69, 9.17) is 4.74 Å². The minimum absolute atomic E-state index is 0.0661. The van der Waals surface area contributed by atoms with Crippen LogP contribution in [0, 0.1) is 0 Å². The van der Waals surface area contributed by atoms with E-state index in [0.717, 1.165) is 53.6 Å². The fourth-order valence-electron chi connectivity index (χ4n) is 4.26. The number of pyridine rings is 1. The van der Waals surface area contributed by atoms with Crippen LogP contribution in [0.3, 0.4) is 0 Å². The fourth-order valence-corrected chi connectivity index (χ4v) is 4.26. The number of methoxy groups -OCH3 is 1. The molecular formula is C25H29N3O3. The number of anilines is 1. The number of aromatic nitrogens is 1. The molecule has 6 nitrogen and oxygen atoms in total. The Kier molecular flexibility index (Phi) is 6.79. The fraction of sp³-hybridized carbons (Fsp3) is 0.360. The van der Waals surface area contributed by atoms with Crippen molar-refractivity contribution in [1.82, 2.24) is 9.88 Å². The molecule has 0 saturated carbocycles. The number of ketones is 1. The largest absolute Gasteiger partial charge is 0.496 e. The molecule has 0 unspecified atom stereocenters. The number of aliphatic hydroxyl groups excluding tert-OH is 1. The van der Waals surface area contributed by atoms with Gasteiger partial charge in [-0.2, -0.15) is 0 Å². The Hall–Kier alpha value is -2.96. The quantitative estimate of drug-likeness (QED) is 0.583. The topological polar surface area (TPSA) is 74.7 Å². The zero-order valence-corrected chi connectivity index (χ0v) is 17.9. The lowest BCUT2D eigenvalue weighted by molar-refractivity contribution is -0.119. The minimum atomic E-state index is -0.0661. The van der Waals surface area contributed by atoms with Gasteiger partial charge in [-0.25, -0.2) is 0 Å². The molecule has 2 N–H and O–H groups in total. The Bertz CT molecular complexity index is 1050. The van der Waals surface area contributed by atoms with Crippen molar-refractivity contribution in [2.24, 2.45) is 0 Å².